The van der Waals surface area contributed by atoms with Crippen molar-refractivity contribution in [3.63, 3.8) is 0 Å². The van der Waals surface area contributed by atoms with Crippen molar-refractivity contribution < 1.29 is 13.2 Å². The normalized spacial score (nSPS) is 10.8. The van der Waals surface area contributed by atoms with Crippen molar-refractivity contribution in [3.8, 4) is 128 Å². The molecule has 12 aromatic rings. The van der Waals surface area contributed by atoms with Crippen molar-refractivity contribution in [1.29, 1.82) is 52.6 Å². The Morgan fingerprint density at radius 1 is 0.244 bits per heavy atom. The number of aromatic nitrogens is 2. The summed E-state index contributed by atoms with van der Waals surface area (Å²) in [6.45, 7) is 0. The Hall–Kier alpha value is -13.5. The number of benzene rings is 10. The molecule has 2 heterocycles. The lowest BCUT2D eigenvalue weighted by atomic mass is 9.96. The second-order valence-corrected chi connectivity index (χ2v) is 20.1. The van der Waals surface area contributed by atoms with Crippen LogP contribution in [0.2, 0.25) is 0 Å². The lowest BCUT2D eigenvalue weighted by molar-refractivity contribution is -0.137. The molecule has 394 valence electrons. The van der Waals surface area contributed by atoms with E-state index in [9.17, 15) is 65.8 Å². The Labute approximate surface area is 487 Å². The average Bonchev–Trinajstić information content (AvgIpc) is 1.93. The molecule has 86 heavy (non-hydrogen) atoms. The van der Waals surface area contributed by atoms with Crippen LogP contribution >= 0.6 is 0 Å². The molecule has 2 aromatic heterocycles. The van der Waals surface area contributed by atoms with Gasteiger partial charge in [-0.3, -0.25) is 0 Å². The van der Waals surface area contributed by atoms with Crippen LogP contribution in [0, 0.1) is 113 Å². The van der Waals surface area contributed by atoms with Gasteiger partial charge >= 0.3 is 6.18 Å². The molecule has 0 saturated carbocycles. The van der Waals surface area contributed by atoms with Crippen LogP contribution in [-0.2, 0) is 6.18 Å². The Bertz CT molecular complexity index is 4800. The number of nitrogens with zero attached hydrogens (tertiary/aromatic N) is 12. The maximum Gasteiger partial charge on any atom is 0.416 e. The fraction of sp³-hybridized carbons (Fsp3) is 0.0141. The lowest BCUT2D eigenvalue weighted by Gasteiger charge is -2.19. The van der Waals surface area contributed by atoms with E-state index in [0.717, 1.165) is 12.1 Å². The molecule has 0 atom stereocenters. The van der Waals surface area contributed by atoms with Gasteiger partial charge in [-0.15, -0.1) is 0 Å². The zero-order chi connectivity index (χ0) is 60.1. The van der Waals surface area contributed by atoms with Crippen LogP contribution in [0.1, 0.15) is 61.2 Å². The number of hydrogen-bond acceptors (Lipinski definition) is 10. The first-order valence-corrected chi connectivity index (χ1v) is 25.9. The minimum atomic E-state index is -4.88. The van der Waals surface area contributed by atoms with Crippen LogP contribution in [-0.4, -0.2) is 9.13 Å². The van der Waals surface area contributed by atoms with E-state index in [1.807, 2.05) is 39.5 Å². The van der Waals surface area contributed by atoms with E-state index in [2.05, 4.69) is 54.6 Å². The zero-order valence-electron chi connectivity index (χ0n) is 44.2. The highest BCUT2D eigenvalue weighted by Gasteiger charge is 2.32. The zero-order valence-corrected chi connectivity index (χ0v) is 44.2. The summed E-state index contributed by atoms with van der Waals surface area (Å²) in [5.74, 6) is 0. The predicted molar refractivity (Wildman–Crippen MR) is 314 cm³/mol. The van der Waals surface area contributed by atoms with Gasteiger partial charge in [0.25, 0.3) is 0 Å². The quantitative estimate of drug-likeness (QED) is 0.146. The van der Waals surface area contributed by atoms with Gasteiger partial charge in [0.05, 0.1) is 144 Å². The van der Waals surface area contributed by atoms with E-state index >= 15 is 0 Å². The van der Waals surface area contributed by atoms with Gasteiger partial charge in [-0.2, -0.15) is 65.8 Å². The highest BCUT2D eigenvalue weighted by molar-refractivity contribution is 6.14. The molecule has 0 amide bonds. The molecule has 12 rings (SSSR count). The molecule has 0 unspecified atom stereocenters. The molecule has 0 aliphatic heterocycles. The van der Waals surface area contributed by atoms with Crippen molar-refractivity contribution in [2.45, 2.75) is 6.18 Å². The molecule has 0 spiro atoms. The Balaban J connectivity index is 1.22. The van der Waals surface area contributed by atoms with Crippen LogP contribution in [0.3, 0.4) is 0 Å². The third-order valence-corrected chi connectivity index (χ3v) is 15.0. The van der Waals surface area contributed by atoms with Crippen LogP contribution in [0.15, 0.2) is 176 Å². The van der Waals surface area contributed by atoms with Gasteiger partial charge < -0.3 is 9.13 Å². The van der Waals surface area contributed by atoms with Gasteiger partial charge in [0, 0.05) is 21.5 Å². The standard InChI is InChI=1S/C71H29F3N12/c72-71(73,74)59-22-48(38-83)21-57(23-59)58-28-69(85-65-5-1-49(53-13-40(30-75)9-41(14-53)31-76)24-60(65)61-25-50(2-6-66(61)85)54-15-42(32-77)10-43(16-54)33-78)64(39-84)70(29-58)86-67-7-3-51(55-17-44(34-79)11-45(18-55)35-80)26-62(67)63-27-52(4-8-68(63)86)56-19-46(36-81)12-47(20-56)37-82/h1-29H. The van der Waals surface area contributed by atoms with Gasteiger partial charge in [-0.05, 0) is 207 Å². The SMILES string of the molecule is N#Cc1cc(C#N)cc(-c2ccc3c(c2)c2cc(-c4cc(C#N)cc(C#N)c4)ccc2n3-c2cc(-c3cc(C#N)cc(C(F)(F)F)c3)cc(-n3c4ccc(-c5cc(C#N)cc(C#N)c5)cc4c4cc(-c5cc(C#N)cc(C#N)c5)ccc43)c2C#N)c1. The van der Waals surface area contributed by atoms with Gasteiger partial charge in [-0.25, -0.2) is 0 Å². The molecule has 0 fully saturated rings. The smallest absolute Gasteiger partial charge is 0.308 e. The monoisotopic (exact) mass is 1110 g/mol. The largest absolute Gasteiger partial charge is 0.416 e. The van der Waals surface area contributed by atoms with Crippen LogP contribution in [0.5, 0.6) is 0 Å². The van der Waals surface area contributed by atoms with Crippen LogP contribution < -0.4 is 0 Å². The van der Waals surface area contributed by atoms with Crippen molar-refractivity contribution >= 4 is 43.6 Å². The number of hydrogen-bond donors (Lipinski definition) is 0. The van der Waals surface area contributed by atoms with Crippen molar-refractivity contribution in [1.82, 2.24) is 9.13 Å². The number of rotatable bonds is 7. The molecular formula is C71H29F3N12. The highest BCUT2D eigenvalue weighted by atomic mass is 19.4. The third-order valence-electron chi connectivity index (χ3n) is 15.0. The lowest BCUT2D eigenvalue weighted by Crippen LogP contribution is -2.07. The van der Waals surface area contributed by atoms with Gasteiger partial charge in [0.2, 0.25) is 0 Å². The van der Waals surface area contributed by atoms with Gasteiger partial charge in [0.15, 0.2) is 0 Å². The summed E-state index contributed by atoms with van der Waals surface area (Å²) in [5.41, 5.74) is 7.80. The maximum atomic E-state index is 14.9. The summed E-state index contributed by atoms with van der Waals surface area (Å²) in [5, 5.41) is 104. The highest BCUT2D eigenvalue weighted by Crippen LogP contribution is 2.45. The Kier molecular flexibility index (Phi) is 12.9. The Morgan fingerprint density at radius 2 is 0.477 bits per heavy atom. The van der Waals surface area contributed by atoms with E-state index in [4.69, 9.17) is 0 Å². The first-order valence-electron chi connectivity index (χ1n) is 25.9. The van der Waals surface area contributed by atoms with Crippen molar-refractivity contribution in [2.24, 2.45) is 0 Å². The first kappa shape index (κ1) is 53.1. The van der Waals surface area contributed by atoms with Crippen LogP contribution in [0.25, 0.3) is 111 Å². The minimum absolute atomic E-state index is 0.00766. The predicted octanol–water partition coefficient (Wildman–Crippen LogP) is 16.0. The molecule has 0 radical (unpaired) electrons. The van der Waals surface area contributed by atoms with E-state index in [-0.39, 0.29) is 78.1 Å². The van der Waals surface area contributed by atoms with E-state index in [1.165, 1.54) is 30.3 Å². The van der Waals surface area contributed by atoms with E-state index < -0.39 is 11.7 Å². The summed E-state index contributed by atoms with van der Waals surface area (Å²) in [7, 11) is 0. The van der Waals surface area contributed by atoms with Crippen molar-refractivity contribution in [2.75, 3.05) is 0 Å². The number of alkyl halides is 3. The number of nitriles is 10. The third kappa shape index (κ3) is 9.19. The minimum Gasteiger partial charge on any atom is -0.308 e. The Morgan fingerprint density at radius 3 is 0.709 bits per heavy atom. The summed E-state index contributed by atoms with van der Waals surface area (Å²) < 4.78 is 48.3. The summed E-state index contributed by atoms with van der Waals surface area (Å²) in [6, 6.07) is 68.4. The second kappa shape index (κ2) is 20.9. The maximum absolute atomic E-state index is 14.9. The second-order valence-electron chi connectivity index (χ2n) is 20.1. The summed E-state index contributed by atoms with van der Waals surface area (Å²) >= 11 is 0. The fourth-order valence-corrected chi connectivity index (χ4v) is 11.2. The fourth-order valence-electron chi connectivity index (χ4n) is 11.2. The van der Waals surface area contributed by atoms with E-state index in [1.54, 1.807) is 109 Å². The van der Waals surface area contributed by atoms with Crippen molar-refractivity contribution in [3.05, 3.63) is 237 Å². The number of fused-ring (bicyclic) bond motifs is 6. The van der Waals surface area contributed by atoms with E-state index in [0.29, 0.717) is 88.1 Å². The molecule has 10 aromatic carbocycles. The van der Waals surface area contributed by atoms with Gasteiger partial charge in [0.1, 0.15) is 11.6 Å². The summed E-state index contributed by atoms with van der Waals surface area (Å²) in [6.07, 6.45) is -4.88. The molecule has 0 N–H and O–H groups in total. The molecular weight excluding hydrogens is 1080 g/mol. The average molecular weight is 1110 g/mol. The first-order chi connectivity index (χ1) is 41.7. The number of halogens is 3. The molecule has 0 saturated heterocycles. The molecule has 0 aliphatic rings. The summed E-state index contributed by atoms with van der Waals surface area (Å²) in [4.78, 5) is 0. The van der Waals surface area contributed by atoms with Crippen LogP contribution in [0.4, 0.5) is 13.2 Å². The van der Waals surface area contributed by atoms with Gasteiger partial charge in [-0.1, -0.05) is 24.3 Å². The molecule has 0 aliphatic carbocycles. The molecule has 12 nitrogen and oxygen atoms in total. The molecule has 15 heteroatoms. The molecule has 0 bridgehead atoms. The topological polar surface area (TPSA) is 248 Å².